The van der Waals surface area contributed by atoms with E-state index < -0.39 is 5.91 Å². The fraction of sp³-hybridized carbons (Fsp3) is 0.133. The summed E-state index contributed by atoms with van der Waals surface area (Å²) in [5, 5.41) is 26.7. The zero-order valence-electron chi connectivity index (χ0n) is 12.9. The summed E-state index contributed by atoms with van der Waals surface area (Å²) in [6.45, 7) is 3.67. The van der Waals surface area contributed by atoms with Gasteiger partial charge in [-0.25, -0.2) is 14.9 Å². The number of nitrogens with zero attached hydrogens (tertiary/aromatic N) is 5. The first-order valence-corrected chi connectivity index (χ1v) is 7.00. The van der Waals surface area contributed by atoms with Crippen LogP contribution < -0.4 is 5.43 Å². The van der Waals surface area contributed by atoms with Crippen LogP contribution in [0.2, 0.25) is 0 Å². The summed E-state index contributed by atoms with van der Waals surface area (Å²) in [6.07, 6.45) is 1.25. The number of nitrogens with one attached hydrogen (secondary N) is 1. The van der Waals surface area contributed by atoms with Crippen LogP contribution >= 0.6 is 0 Å². The summed E-state index contributed by atoms with van der Waals surface area (Å²) in [6, 6.07) is 5.85. The molecule has 0 spiro atoms. The molecule has 0 fully saturated rings. The average Bonchev–Trinajstić information content (AvgIpc) is 2.93. The van der Waals surface area contributed by atoms with E-state index in [1.54, 1.807) is 0 Å². The number of hydrogen-bond acceptors (Lipinski definition) is 7. The van der Waals surface area contributed by atoms with Gasteiger partial charge in [-0.1, -0.05) is 0 Å². The van der Waals surface area contributed by atoms with Crippen molar-refractivity contribution in [3.05, 3.63) is 47.0 Å². The zero-order valence-corrected chi connectivity index (χ0v) is 12.9. The van der Waals surface area contributed by atoms with E-state index in [2.05, 4.69) is 25.6 Å². The van der Waals surface area contributed by atoms with E-state index >= 15 is 0 Å². The van der Waals surface area contributed by atoms with E-state index in [1.165, 1.54) is 28.9 Å². The van der Waals surface area contributed by atoms with Gasteiger partial charge >= 0.3 is 5.91 Å². The Labute approximate surface area is 136 Å². The van der Waals surface area contributed by atoms with Crippen molar-refractivity contribution in [1.29, 1.82) is 0 Å². The molecule has 24 heavy (non-hydrogen) atoms. The molecule has 0 radical (unpaired) electrons. The highest BCUT2D eigenvalue weighted by Gasteiger charge is 2.14. The Kier molecular flexibility index (Phi) is 3.82. The fourth-order valence-electron chi connectivity index (χ4n) is 2.11. The first-order valence-electron chi connectivity index (χ1n) is 7.00. The number of aromatic hydroxyl groups is 2. The van der Waals surface area contributed by atoms with Crippen molar-refractivity contribution >= 4 is 17.9 Å². The largest absolute Gasteiger partial charge is 0.508 e. The van der Waals surface area contributed by atoms with Gasteiger partial charge in [0, 0.05) is 23.0 Å². The smallest absolute Gasteiger partial charge is 0.311 e. The maximum atomic E-state index is 12.0. The Morgan fingerprint density at radius 1 is 1.25 bits per heavy atom. The third-order valence-electron chi connectivity index (χ3n) is 3.21. The highest BCUT2D eigenvalue weighted by molar-refractivity contribution is 5.92. The van der Waals surface area contributed by atoms with Crippen molar-refractivity contribution in [3.8, 4) is 11.5 Å². The van der Waals surface area contributed by atoms with Gasteiger partial charge in [-0.05, 0) is 32.0 Å². The third kappa shape index (κ3) is 3.00. The van der Waals surface area contributed by atoms with Crippen molar-refractivity contribution in [3.63, 3.8) is 0 Å². The molecule has 2 aromatic heterocycles. The first kappa shape index (κ1) is 15.4. The number of amides is 1. The van der Waals surface area contributed by atoms with Gasteiger partial charge in [0.15, 0.2) is 0 Å². The highest BCUT2D eigenvalue weighted by atomic mass is 16.3. The van der Waals surface area contributed by atoms with E-state index in [0.717, 1.165) is 11.4 Å². The Bertz CT molecular complexity index is 963. The quantitative estimate of drug-likeness (QED) is 0.485. The van der Waals surface area contributed by atoms with Crippen LogP contribution in [-0.2, 0) is 0 Å². The SMILES string of the molecule is Cc1cc(C)n2nc(C(=O)NN=Cc3ccc(O)cc3O)nc2n1. The number of hydrogen-bond donors (Lipinski definition) is 3. The highest BCUT2D eigenvalue weighted by Crippen LogP contribution is 2.20. The van der Waals surface area contributed by atoms with E-state index in [1.807, 2.05) is 19.9 Å². The molecule has 0 aliphatic carbocycles. The molecule has 9 nitrogen and oxygen atoms in total. The van der Waals surface area contributed by atoms with Crippen LogP contribution in [0.4, 0.5) is 0 Å². The number of phenols is 2. The van der Waals surface area contributed by atoms with Crippen molar-refractivity contribution in [2.24, 2.45) is 5.10 Å². The Balaban J connectivity index is 1.77. The summed E-state index contributed by atoms with van der Waals surface area (Å²) in [5.74, 6) is -0.567. The number of aryl methyl sites for hydroxylation is 2. The summed E-state index contributed by atoms with van der Waals surface area (Å²) in [7, 11) is 0. The molecule has 3 N–H and O–H groups in total. The van der Waals surface area contributed by atoms with E-state index in [0.29, 0.717) is 11.3 Å². The summed E-state index contributed by atoms with van der Waals surface area (Å²) in [5.41, 5.74) is 4.20. The van der Waals surface area contributed by atoms with Crippen LogP contribution in [0.3, 0.4) is 0 Å². The monoisotopic (exact) mass is 326 g/mol. The molecule has 2 heterocycles. The molecule has 0 atom stereocenters. The number of rotatable bonds is 3. The van der Waals surface area contributed by atoms with Gasteiger partial charge in [-0.3, -0.25) is 4.79 Å². The number of fused-ring (bicyclic) bond motifs is 1. The van der Waals surface area contributed by atoms with E-state index in [9.17, 15) is 15.0 Å². The second-order valence-corrected chi connectivity index (χ2v) is 5.13. The molecular formula is C15H14N6O3. The lowest BCUT2D eigenvalue weighted by molar-refractivity contribution is 0.0945. The van der Waals surface area contributed by atoms with Crippen molar-refractivity contribution in [2.75, 3.05) is 0 Å². The minimum absolute atomic E-state index is 0.0664. The molecule has 0 aliphatic rings. The Morgan fingerprint density at radius 2 is 2.04 bits per heavy atom. The minimum Gasteiger partial charge on any atom is -0.508 e. The van der Waals surface area contributed by atoms with Crippen LogP contribution in [0.1, 0.15) is 27.6 Å². The van der Waals surface area contributed by atoms with Gasteiger partial charge in [0.25, 0.3) is 5.78 Å². The normalized spacial score (nSPS) is 11.2. The van der Waals surface area contributed by atoms with Crippen molar-refractivity contribution in [2.45, 2.75) is 13.8 Å². The van der Waals surface area contributed by atoms with Crippen molar-refractivity contribution < 1.29 is 15.0 Å². The van der Waals surface area contributed by atoms with Gasteiger partial charge in [0.2, 0.25) is 5.82 Å². The van der Waals surface area contributed by atoms with Crippen LogP contribution in [0.15, 0.2) is 29.4 Å². The lowest BCUT2D eigenvalue weighted by atomic mass is 10.2. The van der Waals surface area contributed by atoms with E-state index in [-0.39, 0.29) is 17.3 Å². The molecule has 1 amide bonds. The lowest BCUT2D eigenvalue weighted by Crippen LogP contribution is -2.19. The molecule has 0 saturated carbocycles. The van der Waals surface area contributed by atoms with Gasteiger partial charge in [0.05, 0.1) is 6.21 Å². The van der Waals surface area contributed by atoms with Gasteiger partial charge in [-0.2, -0.15) is 10.1 Å². The molecule has 3 aromatic rings. The number of phenolic OH excluding ortho intramolecular Hbond substituents is 2. The van der Waals surface area contributed by atoms with Crippen LogP contribution in [-0.4, -0.2) is 41.9 Å². The lowest BCUT2D eigenvalue weighted by Gasteiger charge is -1.99. The Morgan fingerprint density at radius 3 is 2.79 bits per heavy atom. The molecule has 0 saturated heterocycles. The summed E-state index contributed by atoms with van der Waals surface area (Å²) in [4.78, 5) is 20.3. The molecule has 122 valence electrons. The number of carbonyl (C=O) groups is 1. The van der Waals surface area contributed by atoms with Crippen LogP contribution in [0.5, 0.6) is 11.5 Å². The van der Waals surface area contributed by atoms with E-state index in [4.69, 9.17) is 0 Å². The third-order valence-corrected chi connectivity index (χ3v) is 3.21. The topological polar surface area (TPSA) is 125 Å². The van der Waals surface area contributed by atoms with Gasteiger partial charge in [0.1, 0.15) is 11.5 Å². The number of carbonyl (C=O) groups excluding carboxylic acids is 1. The number of hydrazone groups is 1. The zero-order chi connectivity index (χ0) is 17.3. The predicted molar refractivity (Wildman–Crippen MR) is 85.1 cm³/mol. The van der Waals surface area contributed by atoms with Crippen molar-refractivity contribution in [1.82, 2.24) is 25.0 Å². The van der Waals surface area contributed by atoms with Gasteiger partial charge < -0.3 is 10.2 Å². The summed E-state index contributed by atoms with van der Waals surface area (Å²) < 4.78 is 1.47. The molecule has 0 unspecified atom stereocenters. The molecule has 1 aromatic carbocycles. The maximum absolute atomic E-state index is 12.0. The second-order valence-electron chi connectivity index (χ2n) is 5.13. The Hall–Kier alpha value is -3.49. The minimum atomic E-state index is -0.605. The second kappa shape index (κ2) is 5.95. The summed E-state index contributed by atoms with van der Waals surface area (Å²) >= 11 is 0. The maximum Gasteiger partial charge on any atom is 0.311 e. The van der Waals surface area contributed by atoms with Crippen LogP contribution in [0.25, 0.3) is 5.78 Å². The number of benzene rings is 1. The molecular weight excluding hydrogens is 312 g/mol. The molecule has 9 heteroatoms. The molecule has 3 rings (SSSR count). The molecule has 0 bridgehead atoms. The standard InChI is InChI=1S/C15H14N6O3/c1-8-5-9(2)21-15(17-8)18-13(20-21)14(24)19-16-7-10-3-4-11(22)6-12(10)23/h3-7,22-23H,1-2H3,(H,19,24). The average molecular weight is 326 g/mol. The van der Waals surface area contributed by atoms with Crippen LogP contribution in [0, 0.1) is 13.8 Å². The van der Waals surface area contributed by atoms with Gasteiger partial charge in [-0.15, -0.1) is 5.10 Å². The molecule has 0 aliphatic heterocycles. The first-order chi connectivity index (χ1) is 11.4. The fourth-order valence-corrected chi connectivity index (χ4v) is 2.11. The predicted octanol–water partition coefficient (Wildman–Crippen LogP) is 0.916. The number of aromatic nitrogens is 4.